The number of carbonyl (C=O) groups is 1. The minimum Gasteiger partial charge on any atom is -0.478 e. The molecule has 8 heteroatoms. The average molecular weight is 488 g/mol. The van der Waals surface area contributed by atoms with Crippen LogP contribution in [-0.2, 0) is 18.3 Å². The number of rotatable bonds is 7. The van der Waals surface area contributed by atoms with Gasteiger partial charge in [-0.25, -0.2) is 9.78 Å². The molecular formula is C28H33N5O3. The monoisotopic (exact) mass is 487 g/mol. The molecule has 3 aliphatic rings. The molecule has 3 aromatic rings. The van der Waals surface area contributed by atoms with Crippen LogP contribution in [0.15, 0.2) is 30.6 Å². The van der Waals surface area contributed by atoms with Crippen LogP contribution >= 0.6 is 0 Å². The zero-order valence-electron chi connectivity index (χ0n) is 21.1. The number of carboxylic acid groups (broad SMARTS) is 1. The van der Waals surface area contributed by atoms with E-state index in [-0.39, 0.29) is 17.1 Å². The summed E-state index contributed by atoms with van der Waals surface area (Å²) in [4.78, 5) is 27.7. The Morgan fingerprint density at radius 2 is 2.00 bits per heavy atom. The Kier molecular flexibility index (Phi) is 5.25. The molecule has 1 saturated carbocycles. The molecule has 0 bridgehead atoms. The van der Waals surface area contributed by atoms with Crippen molar-refractivity contribution in [3.63, 3.8) is 0 Å². The van der Waals surface area contributed by atoms with Crippen LogP contribution in [0.2, 0.25) is 0 Å². The normalized spacial score (nSPS) is 19.4. The summed E-state index contributed by atoms with van der Waals surface area (Å²) in [6.45, 7) is 8.61. The Labute approximate surface area is 210 Å². The van der Waals surface area contributed by atoms with Crippen LogP contribution in [0.1, 0.15) is 60.8 Å². The third-order valence-corrected chi connectivity index (χ3v) is 8.26. The van der Waals surface area contributed by atoms with E-state index in [4.69, 9.17) is 15.5 Å². The molecule has 6 rings (SSSR count). The van der Waals surface area contributed by atoms with Crippen molar-refractivity contribution in [1.82, 2.24) is 19.9 Å². The van der Waals surface area contributed by atoms with Crippen molar-refractivity contribution >= 4 is 5.97 Å². The standard InChI is InChI=1S/C28H33N5O3/c1-4-33-14-27(15-33,28(29)9-10-28)25-23(26(34)35)19-7-5-17-12-30-21(11-20(17)24(19)32-25)18-6-8-22(31-13-18)36-16(2)3/h6,8,11-13,16,32H,4-5,7,9-10,14-15,29H2,1-3H3,(H,34,35). The number of aromatic nitrogens is 3. The largest absolute Gasteiger partial charge is 0.478 e. The molecule has 36 heavy (non-hydrogen) atoms. The summed E-state index contributed by atoms with van der Waals surface area (Å²) in [7, 11) is 0. The number of nitrogens with zero attached hydrogens (tertiary/aromatic N) is 3. The molecule has 0 spiro atoms. The summed E-state index contributed by atoms with van der Waals surface area (Å²) in [5, 5.41) is 10.4. The third kappa shape index (κ3) is 3.46. The molecule has 8 nitrogen and oxygen atoms in total. The van der Waals surface area contributed by atoms with E-state index < -0.39 is 5.97 Å². The van der Waals surface area contributed by atoms with E-state index in [9.17, 15) is 9.90 Å². The molecule has 0 amide bonds. The van der Waals surface area contributed by atoms with Gasteiger partial charge in [0.15, 0.2) is 0 Å². The van der Waals surface area contributed by atoms with Crippen molar-refractivity contribution in [1.29, 1.82) is 0 Å². The number of carboxylic acids is 1. The lowest BCUT2D eigenvalue weighted by Gasteiger charge is -2.53. The molecule has 188 valence electrons. The number of aromatic carboxylic acids is 1. The Hall–Kier alpha value is -3.23. The number of likely N-dealkylation sites (tertiary alicyclic amines) is 1. The zero-order chi connectivity index (χ0) is 25.2. The summed E-state index contributed by atoms with van der Waals surface area (Å²) in [6, 6.07) is 5.87. The van der Waals surface area contributed by atoms with E-state index >= 15 is 0 Å². The second kappa shape index (κ2) is 8.15. The minimum atomic E-state index is -0.872. The Morgan fingerprint density at radius 3 is 2.61 bits per heavy atom. The molecule has 3 aromatic heterocycles. The second-order valence-electron chi connectivity index (χ2n) is 10.9. The molecular weight excluding hydrogens is 454 g/mol. The van der Waals surface area contributed by atoms with Gasteiger partial charge in [-0.05, 0) is 69.3 Å². The van der Waals surface area contributed by atoms with Gasteiger partial charge in [0.05, 0.1) is 28.5 Å². The topological polar surface area (TPSA) is 117 Å². The van der Waals surface area contributed by atoms with Crippen LogP contribution in [0, 0.1) is 0 Å². The number of aromatic amines is 1. The Balaban J connectivity index is 1.44. The van der Waals surface area contributed by atoms with Crippen LogP contribution < -0.4 is 10.5 Å². The van der Waals surface area contributed by atoms with Gasteiger partial charge in [0, 0.05) is 53.9 Å². The average Bonchev–Trinajstić information content (AvgIpc) is 3.44. The summed E-state index contributed by atoms with van der Waals surface area (Å²) in [6.07, 6.45) is 7.04. The first-order valence-corrected chi connectivity index (χ1v) is 12.9. The molecule has 4 heterocycles. The maximum atomic E-state index is 12.6. The maximum absolute atomic E-state index is 12.6. The number of likely N-dealkylation sites (N-methyl/N-ethyl adjacent to an activating group) is 1. The molecule has 0 unspecified atom stereocenters. The fourth-order valence-corrected chi connectivity index (χ4v) is 6.07. The number of nitrogens with one attached hydrogen (secondary N) is 1. The predicted octanol–water partition coefficient (Wildman–Crippen LogP) is 3.79. The van der Waals surface area contributed by atoms with E-state index in [0.29, 0.717) is 17.9 Å². The number of hydrogen-bond donors (Lipinski definition) is 3. The first-order valence-electron chi connectivity index (χ1n) is 12.9. The number of hydrogen-bond acceptors (Lipinski definition) is 6. The first-order chi connectivity index (χ1) is 17.2. The zero-order valence-corrected chi connectivity index (χ0v) is 21.1. The van der Waals surface area contributed by atoms with Crippen LogP contribution in [0.25, 0.3) is 22.5 Å². The van der Waals surface area contributed by atoms with Crippen molar-refractivity contribution in [2.45, 2.75) is 63.5 Å². The molecule has 1 aliphatic heterocycles. The lowest BCUT2D eigenvalue weighted by Crippen LogP contribution is -2.69. The molecule has 0 atom stereocenters. The van der Waals surface area contributed by atoms with Crippen molar-refractivity contribution in [3.8, 4) is 28.4 Å². The predicted molar refractivity (Wildman–Crippen MR) is 137 cm³/mol. The van der Waals surface area contributed by atoms with E-state index in [0.717, 1.165) is 78.2 Å². The van der Waals surface area contributed by atoms with Gasteiger partial charge in [0.2, 0.25) is 5.88 Å². The van der Waals surface area contributed by atoms with E-state index in [1.165, 1.54) is 0 Å². The highest BCUT2D eigenvalue weighted by Gasteiger charge is 2.64. The number of pyridine rings is 2. The minimum absolute atomic E-state index is 0.0563. The van der Waals surface area contributed by atoms with Crippen molar-refractivity contribution in [2.24, 2.45) is 5.73 Å². The van der Waals surface area contributed by atoms with Crippen LogP contribution in [0.5, 0.6) is 5.88 Å². The third-order valence-electron chi connectivity index (χ3n) is 8.26. The summed E-state index contributed by atoms with van der Waals surface area (Å²) >= 11 is 0. The van der Waals surface area contributed by atoms with E-state index in [1.807, 2.05) is 32.2 Å². The van der Waals surface area contributed by atoms with Crippen molar-refractivity contribution in [2.75, 3.05) is 19.6 Å². The Bertz CT molecular complexity index is 1330. The maximum Gasteiger partial charge on any atom is 0.337 e. The first kappa shape index (κ1) is 23.2. The van der Waals surface area contributed by atoms with E-state index in [1.54, 1.807) is 6.20 Å². The van der Waals surface area contributed by atoms with E-state index in [2.05, 4.69) is 27.9 Å². The van der Waals surface area contributed by atoms with Gasteiger partial charge in [-0.3, -0.25) is 4.98 Å². The highest BCUT2D eigenvalue weighted by molar-refractivity contribution is 5.95. The van der Waals surface area contributed by atoms with Gasteiger partial charge >= 0.3 is 5.97 Å². The molecule has 2 aliphatic carbocycles. The highest BCUT2D eigenvalue weighted by Crippen LogP contribution is 2.56. The number of ether oxygens (including phenoxy) is 1. The van der Waals surface area contributed by atoms with Gasteiger partial charge in [-0.15, -0.1) is 0 Å². The summed E-state index contributed by atoms with van der Waals surface area (Å²) in [5.74, 6) is -0.291. The SMILES string of the molecule is CCN1CC(c2[nH]c3c(c2C(=O)O)CCc2cnc(-c4ccc(OC(C)C)nc4)cc2-3)(C2(N)CC2)C1. The lowest BCUT2D eigenvalue weighted by atomic mass is 9.67. The van der Waals surface area contributed by atoms with Crippen LogP contribution in [0.4, 0.5) is 0 Å². The highest BCUT2D eigenvalue weighted by atomic mass is 16.5. The van der Waals surface area contributed by atoms with Crippen molar-refractivity contribution in [3.05, 3.63) is 53.0 Å². The van der Waals surface area contributed by atoms with Crippen LogP contribution in [-0.4, -0.2) is 62.2 Å². The van der Waals surface area contributed by atoms with Gasteiger partial charge in [-0.1, -0.05) is 6.92 Å². The second-order valence-corrected chi connectivity index (χ2v) is 10.9. The van der Waals surface area contributed by atoms with Crippen molar-refractivity contribution < 1.29 is 14.6 Å². The number of H-pyrrole nitrogens is 1. The fraction of sp³-hybridized carbons (Fsp3) is 0.464. The molecule has 4 N–H and O–H groups in total. The fourth-order valence-electron chi connectivity index (χ4n) is 6.07. The van der Waals surface area contributed by atoms with Crippen LogP contribution in [0.3, 0.4) is 0 Å². The van der Waals surface area contributed by atoms with Gasteiger partial charge in [0.1, 0.15) is 0 Å². The smallest absolute Gasteiger partial charge is 0.337 e. The molecule has 1 saturated heterocycles. The van der Waals surface area contributed by atoms with Gasteiger partial charge < -0.3 is 25.5 Å². The number of fused-ring (bicyclic) bond motifs is 3. The Morgan fingerprint density at radius 1 is 1.22 bits per heavy atom. The molecule has 0 aromatic carbocycles. The lowest BCUT2D eigenvalue weighted by molar-refractivity contribution is 0.0374. The van der Waals surface area contributed by atoms with Gasteiger partial charge in [0.25, 0.3) is 0 Å². The quantitative estimate of drug-likeness (QED) is 0.464. The van der Waals surface area contributed by atoms with Gasteiger partial charge in [-0.2, -0.15) is 0 Å². The number of aryl methyl sites for hydroxylation is 1. The number of nitrogens with two attached hydrogens (primary N) is 1. The molecule has 0 radical (unpaired) electrons. The summed E-state index contributed by atoms with van der Waals surface area (Å²) in [5.41, 5.74) is 13.0. The summed E-state index contributed by atoms with van der Waals surface area (Å²) < 4.78 is 5.67. The molecule has 2 fully saturated rings.